The molecule has 4 rings (SSSR count). The summed E-state index contributed by atoms with van der Waals surface area (Å²) in [6, 6.07) is 17.5. The van der Waals surface area contributed by atoms with E-state index in [1.165, 1.54) is 0 Å². The summed E-state index contributed by atoms with van der Waals surface area (Å²) < 4.78 is 5.48. The lowest BCUT2D eigenvalue weighted by molar-refractivity contribution is -0.131. The van der Waals surface area contributed by atoms with E-state index < -0.39 is 6.10 Å². The Kier molecular flexibility index (Phi) is 6.44. The molecule has 1 N–H and O–H groups in total. The number of rotatable bonds is 6. The number of hydrogen-bond acceptors (Lipinski definition) is 5. The molecule has 1 saturated heterocycles. The van der Waals surface area contributed by atoms with Crippen molar-refractivity contribution < 1.29 is 14.4 Å². The summed E-state index contributed by atoms with van der Waals surface area (Å²) in [5.41, 5.74) is 2.77. The maximum atomic E-state index is 12.7. The van der Waals surface area contributed by atoms with E-state index in [2.05, 4.69) is 15.4 Å². The van der Waals surface area contributed by atoms with Gasteiger partial charge in [-0.05, 0) is 17.2 Å². The first-order chi connectivity index (χ1) is 14.2. The first kappa shape index (κ1) is 19.9. The lowest BCUT2D eigenvalue weighted by Gasteiger charge is -2.35. The first-order valence-electron chi connectivity index (χ1n) is 9.84. The van der Waals surface area contributed by atoms with Crippen molar-refractivity contribution in [1.29, 1.82) is 0 Å². The maximum Gasteiger partial charge on any atom is 0.264 e. The molecule has 2 heterocycles. The molecule has 152 valence electrons. The SMILES string of the molecule is O=C(NCC(c1ccccc1Cl)N1CCOCC1)C1CC(c2ccccc2)=NO1. The lowest BCUT2D eigenvalue weighted by Crippen LogP contribution is -2.45. The molecule has 0 aliphatic carbocycles. The van der Waals surface area contributed by atoms with Crippen LogP contribution in [0, 0.1) is 0 Å². The zero-order valence-corrected chi connectivity index (χ0v) is 16.8. The van der Waals surface area contributed by atoms with E-state index in [-0.39, 0.29) is 11.9 Å². The van der Waals surface area contributed by atoms with Gasteiger partial charge in [0.1, 0.15) is 0 Å². The van der Waals surface area contributed by atoms with Gasteiger partial charge in [-0.1, -0.05) is 65.3 Å². The third-order valence-corrected chi connectivity index (χ3v) is 5.63. The van der Waals surface area contributed by atoms with Crippen LogP contribution in [0.15, 0.2) is 59.8 Å². The number of ether oxygens (including phenoxy) is 1. The van der Waals surface area contributed by atoms with Crippen LogP contribution in [0.2, 0.25) is 5.02 Å². The van der Waals surface area contributed by atoms with Crippen LogP contribution in [-0.4, -0.2) is 55.5 Å². The van der Waals surface area contributed by atoms with Gasteiger partial charge < -0.3 is 14.9 Å². The maximum absolute atomic E-state index is 12.7. The van der Waals surface area contributed by atoms with E-state index >= 15 is 0 Å². The fraction of sp³-hybridized carbons (Fsp3) is 0.364. The van der Waals surface area contributed by atoms with Gasteiger partial charge in [-0.3, -0.25) is 9.69 Å². The average molecular weight is 414 g/mol. The highest BCUT2D eigenvalue weighted by atomic mass is 35.5. The summed E-state index contributed by atoms with van der Waals surface area (Å²) >= 11 is 6.45. The quantitative estimate of drug-likeness (QED) is 0.790. The van der Waals surface area contributed by atoms with Crippen molar-refractivity contribution in [3.63, 3.8) is 0 Å². The highest BCUT2D eigenvalue weighted by molar-refractivity contribution is 6.31. The Balaban J connectivity index is 1.40. The number of nitrogens with zero attached hydrogens (tertiary/aromatic N) is 2. The minimum atomic E-state index is -0.609. The molecule has 0 saturated carbocycles. The van der Waals surface area contributed by atoms with E-state index in [0.717, 1.165) is 29.9 Å². The molecule has 2 aromatic carbocycles. The molecule has 0 bridgehead atoms. The second-order valence-electron chi connectivity index (χ2n) is 7.13. The van der Waals surface area contributed by atoms with Crippen molar-refractivity contribution >= 4 is 23.2 Å². The van der Waals surface area contributed by atoms with Crippen molar-refractivity contribution in [2.24, 2.45) is 5.16 Å². The predicted molar refractivity (Wildman–Crippen MR) is 112 cm³/mol. The Hall–Kier alpha value is -2.41. The molecular formula is C22H24ClN3O3. The molecule has 1 fully saturated rings. The highest BCUT2D eigenvalue weighted by Crippen LogP contribution is 2.28. The number of halogens is 1. The van der Waals surface area contributed by atoms with Gasteiger partial charge in [-0.15, -0.1) is 0 Å². The normalized spacial score (nSPS) is 20.6. The number of nitrogens with one attached hydrogen (secondary N) is 1. The van der Waals surface area contributed by atoms with E-state index in [0.29, 0.717) is 31.2 Å². The van der Waals surface area contributed by atoms with Crippen molar-refractivity contribution in [1.82, 2.24) is 10.2 Å². The molecular weight excluding hydrogens is 390 g/mol. The van der Waals surface area contributed by atoms with Crippen LogP contribution in [0.25, 0.3) is 0 Å². The van der Waals surface area contributed by atoms with Crippen LogP contribution < -0.4 is 5.32 Å². The number of oxime groups is 1. The van der Waals surface area contributed by atoms with Crippen LogP contribution in [0.5, 0.6) is 0 Å². The summed E-state index contributed by atoms with van der Waals surface area (Å²) in [5, 5.41) is 7.85. The smallest absolute Gasteiger partial charge is 0.264 e. The van der Waals surface area contributed by atoms with Gasteiger partial charge >= 0.3 is 0 Å². The summed E-state index contributed by atoms with van der Waals surface area (Å²) in [6.45, 7) is 3.40. The molecule has 29 heavy (non-hydrogen) atoms. The summed E-state index contributed by atoms with van der Waals surface area (Å²) in [7, 11) is 0. The Bertz CT molecular complexity index is 869. The van der Waals surface area contributed by atoms with Gasteiger partial charge in [-0.25, -0.2) is 0 Å². The van der Waals surface area contributed by atoms with E-state index in [1.54, 1.807) is 0 Å². The van der Waals surface area contributed by atoms with Gasteiger partial charge in [0.05, 0.1) is 25.0 Å². The minimum Gasteiger partial charge on any atom is -0.382 e. The fourth-order valence-corrected chi connectivity index (χ4v) is 3.96. The van der Waals surface area contributed by atoms with Crippen molar-refractivity contribution in [2.45, 2.75) is 18.6 Å². The van der Waals surface area contributed by atoms with Crippen LogP contribution >= 0.6 is 11.6 Å². The van der Waals surface area contributed by atoms with Crippen molar-refractivity contribution in [3.05, 3.63) is 70.7 Å². The topological polar surface area (TPSA) is 63.2 Å². The van der Waals surface area contributed by atoms with E-state index in [1.807, 2.05) is 54.6 Å². The molecule has 7 heteroatoms. The zero-order valence-electron chi connectivity index (χ0n) is 16.1. The van der Waals surface area contributed by atoms with Crippen LogP contribution in [0.3, 0.4) is 0 Å². The van der Waals surface area contributed by atoms with Crippen LogP contribution in [-0.2, 0) is 14.4 Å². The summed E-state index contributed by atoms with van der Waals surface area (Å²) in [6.07, 6.45) is -0.147. The second kappa shape index (κ2) is 9.39. The zero-order chi connectivity index (χ0) is 20.1. The van der Waals surface area contributed by atoms with Crippen LogP contribution in [0.1, 0.15) is 23.6 Å². The molecule has 2 aromatic rings. The highest BCUT2D eigenvalue weighted by Gasteiger charge is 2.31. The number of carbonyl (C=O) groups is 1. The number of morpholine rings is 1. The monoisotopic (exact) mass is 413 g/mol. The molecule has 0 spiro atoms. The standard InChI is InChI=1S/C22H24ClN3O3/c23-18-9-5-4-8-17(18)20(26-10-12-28-13-11-26)15-24-22(27)21-14-19(25-29-21)16-6-2-1-3-7-16/h1-9,20-21H,10-15H2,(H,24,27). The molecule has 0 radical (unpaired) electrons. The third-order valence-electron chi connectivity index (χ3n) is 5.29. The van der Waals surface area contributed by atoms with Gasteiger partial charge in [0.2, 0.25) is 6.10 Å². The Morgan fingerprint density at radius 1 is 1.14 bits per heavy atom. The van der Waals surface area contributed by atoms with Gasteiger partial charge in [-0.2, -0.15) is 0 Å². The molecule has 6 nitrogen and oxygen atoms in total. The second-order valence-corrected chi connectivity index (χ2v) is 7.54. The first-order valence-corrected chi connectivity index (χ1v) is 10.2. The lowest BCUT2D eigenvalue weighted by atomic mass is 10.0. The van der Waals surface area contributed by atoms with Crippen molar-refractivity contribution in [3.8, 4) is 0 Å². The Labute approximate surface area is 175 Å². The fourth-order valence-electron chi connectivity index (χ4n) is 3.70. The minimum absolute atomic E-state index is 0.0209. The van der Waals surface area contributed by atoms with Crippen molar-refractivity contribution in [2.75, 3.05) is 32.8 Å². The Morgan fingerprint density at radius 3 is 2.62 bits per heavy atom. The third kappa shape index (κ3) is 4.78. The molecule has 2 aliphatic heterocycles. The number of benzene rings is 2. The summed E-state index contributed by atoms with van der Waals surface area (Å²) in [5.74, 6) is -0.162. The molecule has 2 unspecified atom stereocenters. The number of amides is 1. The van der Waals surface area contributed by atoms with Gasteiger partial charge in [0, 0.05) is 31.1 Å². The predicted octanol–water partition coefficient (Wildman–Crippen LogP) is 3.02. The molecule has 2 aliphatic rings. The number of hydrogen-bond donors (Lipinski definition) is 1. The van der Waals surface area contributed by atoms with Gasteiger partial charge in [0.15, 0.2) is 0 Å². The largest absolute Gasteiger partial charge is 0.382 e. The summed E-state index contributed by atoms with van der Waals surface area (Å²) in [4.78, 5) is 20.4. The Morgan fingerprint density at radius 2 is 1.86 bits per heavy atom. The molecule has 2 atom stereocenters. The van der Waals surface area contributed by atoms with Gasteiger partial charge in [0.25, 0.3) is 5.91 Å². The van der Waals surface area contributed by atoms with Crippen LogP contribution in [0.4, 0.5) is 0 Å². The van der Waals surface area contributed by atoms with E-state index in [9.17, 15) is 4.79 Å². The number of carbonyl (C=O) groups excluding carboxylic acids is 1. The molecule has 1 amide bonds. The average Bonchev–Trinajstić information content (AvgIpc) is 3.27. The van der Waals surface area contributed by atoms with E-state index in [4.69, 9.17) is 21.2 Å². The molecule has 0 aromatic heterocycles.